The number of carbonyl (C=O) groups excluding carboxylic acids is 1. The summed E-state index contributed by atoms with van der Waals surface area (Å²) < 4.78 is 0. The van der Waals surface area contributed by atoms with Gasteiger partial charge >= 0.3 is 11.9 Å². The topological polar surface area (TPSA) is 94.9 Å². The number of ketones is 1. The van der Waals surface area contributed by atoms with E-state index in [2.05, 4.69) is 0 Å². The van der Waals surface area contributed by atoms with Gasteiger partial charge in [-0.2, -0.15) is 0 Å². The van der Waals surface area contributed by atoms with Crippen LogP contribution in [0.5, 0.6) is 0 Å². The fourth-order valence-corrected chi connectivity index (χ4v) is 2.34. The van der Waals surface area contributed by atoms with Gasteiger partial charge in [-0.05, 0) is 18.5 Å². The number of nitrogens with zero attached hydrogens (tertiary/aromatic N) is 1. The Balaban J connectivity index is 2.78. The van der Waals surface area contributed by atoms with E-state index in [1.165, 1.54) is 16.2 Å². The number of hydrogen-bond donors (Lipinski definition) is 2. The quantitative estimate of drug-likeness (QED) is 0.696. The van der Waals surface area contributed by atoms with E-state index in [4.69, 9.17) is 10.2 Å². The average molecular weight is 285 g/mol. The first kappa shape index (κ1) is 15.3. The molecular formula is C12H15NO5S. The van der Waals surface area contributed by atoms with Gasteiger partial charge in [0.1, 0.15) is 0 Å². The van der Waals surface area contributed by atoms with Crippen LogP contribution in [0, 0.1) is 0 Å². The summed E-state index contributed by atoms with van der Waals surface area (Å²) in [5.74, 6) is -2.35. The molecule has 0 fully saturated rings. The van der Waals surface area contributed by atoms with Crippen LogP contribution in [0.2, 0.25) is 0 Å². The van der Waals surface area contributed by atoms with Gasteiger partial charge in [0.05, 0.1) is 23.8 Å². The molecule has 2 N–H and O–H groups in total. The first-order chi connectivity index (χ1) is 8.91. The van der Waals surface area contributed by atoms with E-state index in [-0.39, 0.29) is 25.2 Å². The summed E-state index contributed by atoms with van der Waals surface area (Å²) in [7, 11) is 1.56. The molecule has 0 saturated carbocycles. The van der Waals surface area contributed by atoms with Crippen molar-refractivity contribution in [2.75, 3.05) is 13.6 Å². The molecule has 7 heteroatoms. The lowest BCUT2D eigenvalue weighted by Gasteiger charge is -2.24. The molecule has 1 atom stereocenters. The zero-order valence-electron chi connectivity index (χ0n) is 10.4. The molecule has 104 valence electrons. The SMILES string of the molecule is CN(CCC(=O)O)C(CC(=O)O)C(=O)c1cccs1. The lowest BCUT2D eigenvalue weighted by Crippen LogP contribution is -2.41. The molecule has 19 heavy (non-hydrogen) atoms. The molecule has 1 aromatic heterocycles. The molecule has 0 saturated heterocycles. The van der Waals surface area contributed by atoms with Crippen LogP contribution in [0.3, 0.4) is 0 Å². The summed E-state index contributed by atoms with van der Waals surface area (Å²) >= 11 is 1.24. The van der Waals surface area contributed by atoms with Gasteiger partial charge in [-0.25, -0.2) is 0 Å². The van der Waals surface area contributed by atoms with Crippen molar-refractivity contribution in [2.45, 2.75) is 18.9 Å². The first-order valence-corrected chi connectivity index (χ1v) is 6.51. The molecule has 0 radical (unpaired) electrons. The predicted molar refractivity (Wildman–Crippen MR) is 69.6 cm³/mol. The molecule has 0 bridgehead atoms. The Hall–Kier alpha value is -1.73. The van der Waals surface area contributed by atoms with E-state index in [1.807, 2.05) is 0 Å². The third-order valence-corrected chi connectivity index (χ3v) is 3.53. The van der Waals surface area contributed by atoms with Crippen molar-refractivity contribution < 1.29 is 24.6 Å². The van der Waals surface area contributed by atoms with Crippen LogP contribution in [0.4, 0.5) is 0 Å². The number of Topliss-reactive ketones (excluding diaryl/α,β-unsaturated/α-hetero) is 1. The number of carboxylic acids is 2. The van der Waals surface area contributed by atoms with Crippen molar-refractivity contribution >= 4 is 29.1 Å². The number of carboxylic acid groups (broad SMARTS) is 2. The van der Waals surface area contributed by atoms with E-state index in [0.29, 0.717) is 4.88 Å². The summed E-state index contributed by atoms with van der Waals surface area (Å²) in [6.45, 7) is 0.129. The second-order valence-corrected chi connectivity index (χ2v) is 5.03. The Bertz CT molecular complexity index is 457. The van der Waals surface area contributed by atoms with Crippen LogP contribution in [0.15, 0.2) is 17.5 Å². The zero-order valence-corrected chi connectivity index (χ0v) is 11.2. The minimum atomic E-state index is -1.09. The van der Waals surface area contributed by atoms with Crippen LogP contribution >= 0.6 is 11.3 Å². The molecule has 0 aliphatic rings. The first-order valence-electron chi connectivity index (χ1n) is 5.63. The predicted octanol–water partition coefficient (Wildman–Crippen LogP) is 1.18. The molecule has 1 aromatic rings. The van der Waals surface area contributed by atoms with Crippen molar-refractivity contribution in [3.8, 4) is 0 Å². The van der Waals surface area contributed by atoms with E-state index in [9.17, 15) is 14.4 Å². The highest BCUT2D eigenvalue weighted by molar-refractivity contribution is 7.12. The van der Waals surface area contributed by atoms with Gasteiger partial charge in [0.25, 0.3) is 0 Å². The molecule has 1 rings (SSSR count). The average Bonchev–Trinajstić information content (AvgIpc) is 2.85. The van der Waals surface area contributed by atoms with Gasteiger partial charge in [0, 0.05) is 6.54 Å². The summed E-state index contributed by atoms with van der Waals surface area (Å²) in [6.07, 6.45) is -0.475. The lowest BCUT2D eigenvalue weighted by molar-refractivity contribution is -0.138. The smallest absolute Gasteiger partial charge is 0.305 e. The Morgan fingerprint density at radius 2 is 2.00 bits per heavy atom. The minimum Gasteiger partial charge on any atom is -0.481 e. The third-order valence-electron chi connectivity index (χ3n) is 2.65. The Morgan fingerprint density at radius 3 is 2.47 bits per heavy atom. The Labute approximate surface area is 114 Å². The molecule has 6 nitrogen and oxygen atoms in total. The maximum Gasteiger partial charge on any atom is 0.305 e. The molecule has 0 spiro atoms. The summed E-state index contributed by atoms with van der Waals surface area (Å²) in [5.41, 5.74) is 0. The fourth-order valence-electron chi connectivity index (χ4n) is 1.62. The highest BCUT2D eigenvalue weighted by Gasteiger charge is 2.27. The van der Waals surface area contributed by atoms with Crippen molar-refractivity contribution in [1.29, 1.82) is 0 Å². The number of carbonyl (C=O) groups is 3. The van der Waals surface area contributed by atoms with E-state index >= 15 is 0 Å². The van der Waals surface area contributed by atoms with Gasteiger partial charge < -0.3 is 10.2 Å². The highest BCUT2D eigenvalue weighted by atomic mass is 32.1. The molecule has 0 aliphatic heterocycles. The monoisotopic (exact) mass is 285 g/mol. The van der Waals surface area contributed by atoms with E-state index in [0.717, 1.165) is 0 Å². The van der Waals surface area contributed by atoms with Crippen LogP contribution in [0.1, 0.15) is 22.5 Å². The lowest BCUT2D eigenvalue weighted by atomic mass is 10.1. The maximum atomic E-state index is 12.2. The minimum absolute atomic E-state index is 0.129. The molecular weight excluding hydrogens is 270 g/mol. The summed E-state index contributed by atoms with van der Waals surface area (Å²) in [4.78, 5) is 35.5. The molecule has 1 unspecified atom stereocenters. The second kappa shape index (κ2) is 7.01. The Kier molecular flexibility index (Phi) is 5.65. The third kappa shape index (κ3) is 4.80. The van der Waals surface area contributed by atoms with Gasteiger partial charge in [0.15, 0.2) is 5.78 Å². The van der Waals surface area contributed by atoms with Crippen LogP contribution in [-0.4, -0.2) is 52.5 Å². The van der Waals surface area contributed by atoms with Gasteiger partial charge in [-0.3, -0.25) is 19.3 Å². The summed E-state index contributed by atoms with van der Waals surface area (Å²) in [6, 6.07) is 2.51. The molecule has 0 amide bonds. The molecule has 0 aliphatic carbocycles. The fraction of sp³-hybridized carbons (Fsp3) is 0.417. The number of rotatable bonds is 8. The zero-order chi connectivity index (χ0) is 14.4. The van der Waals surface area contributed by atoms with Gasteiger partial charge in [-0.15, -0.1) is 11.3 Å². The maximum absolute atomic E-state index is 12.2. The van der Waals surface area contributed by atoms with Crippen molar-refractivity contribution in [1.82, 2.24) is 4.90 Å². The van der Waals surface area contributed by atoms with Crippen molar-refractivity contribution in [3.63, 3.8) is 0 Å². The largest absolute Gasteiger partial charge is 0.481 e. The summed E-state index contributed by atoms with van der Waals surface area (Å²) in [5, 5.41) is 19.2. The van der Waals surface area contributed by atoms with Crippen molar-refractivity contribution in [2.24, 2.45) is 0 Å². The normalized spacial score (nSPS) is 12.3. The van der Waals surface area contributed by atoms with Crippen LogP contribution < -0.4 is 0 Å². The second-order valence-electron chi connectivity index (χ2n) is 4.08. The van der Waals surface area contributed by atoms with E-state index < -0.39 is 18.0 Å². The number of likely N-dealkylation sites (N-methyl/N-ethyl adjacent to an activating group) is 1. The number of hydrogen-bond acceptors (Lipinski definition) is 5. The van der Waals surface area contributed by atoms with Crippen molar-refractivity contribution in [3.05, 3.63) is 22.4 Å². The van der Waals surface area contributed by atoms with E-state index in [1.54, 1.807) is 24.6 Å². The highest BCUT2D eigenvalue weighted by Crippen LogP contribution is 2.16. The molecule has 1 heterocycles. The van der Waals surface area contributed by atoms with Crippen LogP contribution in [-0.2, 0) is 9.59 Å². The molecule has 0 aromatic carbocycles. The van der Waals surface area contributed by atoms with Gasteiger partial charge in [-0.1, -0.05) is 6.07 Å². The number of thiophene rings is 1. The standard InChI is InChI=1S/C12H15NO5S/c1-13(5-4-10(14)15)8(7-11(16)17)12(18)9-3-2-6-19-9/h2-3,6,8H,4-5,7H2,1H3,(H,14,15)(H,16,17). The Morgan fingerprint density at radius 1 is 1.32 bits per heavy atom. The van der Waals surface area contributed by atoms with Crippen LogP contribution in [0.25, 0.3) is 0 Å². The number of aliphatic carboxylic acids is 2. The van der Waals surface area contributed by atoms with Gasteiger partial charge in [0.2, 0.25) is 0 Å².